The van der Waals surface area contributed by atoms with Gasteiger partial charge in [-0.2, -0.15) is 10.2 Å². The summed E-state index contributed by atoms with van der Waals surface area (Å²) in [5.41, 5.74) is -0.138. The number of carbonyl (C=O) groups excluding carboxylic acids is 1. The predicted molar refractivity (Wildman–Crippen MR) is 59.1 cm³/mol. The zero-order valence-electron chi connectivity index (χ0n) is 8.52. The molecule has 2 aliphatic rings. The molecule has 1 fully saturated rings. The topological polar surface area (TPSA) is 58.2 Å². The summed E-state index contributed by atoms with van der Waals surface area (Å²) in [6, 6.07) is 3.41. The lowest BCUT2D eigenvalue weighted by Gasteiger charge is -2.28. The van der Waals surface area contributed by atoms with Gasteiger partial charge in [-0.05, 0) is 28.1 Å². The lowest BCUT2D eigenvalue weighted by Crippen LogP contribution is -2.41. The monoisotopic (exact) mass is 283 g/mol. The van der Waals surface area contributed by atoms with E-state index in [0.29, 0.717) is 23.5 Å². The maximum atomic E-state index is 12.0. The molecule has 0 saturated carbocycles. The van der Waals surface area contributed by atoms with Gasteiger partial charge in [0.25, 0.3) is 5.91 Å². The second-order valence-corrected chi connectivity index (χ2v) is 4.86. The Morgan fingerprint density at radius 1 is 1.38 bits per heavy atom. The highest BCUT2D eigenvalue weighted by Crippen LogP contribution is 2.38. The van der Waals surface area contributed by atoms with Crippen LogP contribution in [0.1, 0.15) is 23.4 Å². The van der Waals surface area contributed by atoms with Crippen LogP contribution < -0.4 is 0 Å². The predicted octanol–water partition coefficient (Wildman–Crippen LogP) is 2.44. The van der Waals surface area contributed by atoms with Crippen LogP contribution in [0.2, 0.25) is 0 Å². The molecule has 6 heteroatoms. The van der Waals surface area contributed by atoms with E-state index in [4.69, 9.17) is 4.42 Å². The minimum absolute atomic E-state index is 0.0544. The molecule has 16 heavy (non-hydrogen) atoms. The van der Waals surface area contributed by atoms with E-state index in [1.807, 2.05) is 0 Å². The molecule has 1 aromatic heterocycles. The molecule has 3 rings (SSSR count). The fraction of sp³-hybridized carbons (Fsp3) is 0.500. The maximum absolute atomic E-state index is 12.0. The SMILES string of the molecule is O=C(c1ccc(Br)o1)N1CCC2(CC1)N=N2. The number of halogens is 1. The van der Waals surface area contributed by atoms with Crippen LogP contribution in [0.4, 0.5) is 0 Å². The number of hydrogen-bond donors (Lipinski definition) is 0. The summed E-state index contributed by atoms with van der Waals surface area (Å²) in [6.07, 6.45) is 1.67. The van der Waals surface area contributed by atoms with Crippen molar-refractivity contribution in [2.24, 2.45) is 10.2 Å². The van der Waals surface area contributed by atoms with Gasteiger partial charge >= 0.3 is 0 Å². The van der Waals surface area contributed by atoms with Gasteiger partial charge in [0.1, 0.15) is 0 Å². The smallest absolute Gasteiger partial charge is 0.289 e. The second-order valence-electron chi connectivity index (χ2n) is 4.08. The van der Waals surface area contributed by atoms with E-state index in [-0.39, 0.29) is 11.6 Å². The molecule has 3 heterocycles. The Balaban J connectivity index is 1.67. The van der Waals surface area contributed by atoms with Gasteiger partial charge in [-0.15, -0.1) is 0 Å². The van der Waals surface area contributed by atoms with Crippen LogP contribution in [-0.2, 0) is 0 Å². The molecular formula is C10H10BrN3O2. The highest BCUT2D eigenvalue weighted by molar-refractivity contribution is 9.10. The van der Waals surface area contributed by atoms with Gasteiger partial charge in [0.2, 0.25) is 0 Å². The highest BCUT2D eigenvalue weighted by atomic mass is 79.9. The van der Waals surface area contributed by atoms with E-state index in [2.05, 4.69) is 26.2 Å². The Hall–Kier alpha value is -1.17. The van der Waals surface area contributed by atoms with Crippen molar-refractivity contribution in [2.75, 3.05) is 13.1 Å². The number of carbonyl (C=O) groups is 1. The van der Waals surface area contributed by atoms with Crippen molar-refractivity contribution >= 4 is 21.8 Å². The molecule has 0 aliphatic carbocycles. The molecule has 0 N–H and O–H groups in total. The van der Waals surface area contributed by atoms with Crippen molar-refractivity contribution in [1.29, 1.82) is 0 Å². The summed E-state index contributed by atoms with van der Waals surface area (Å²) < 4.78 is 5.82. The fourth-order valence-corrected chi connectivity index (χ4v) is 2.23. The Bertz CT molecular complexity index is 452. The van der Waals surface area contributed by atoms with Crippen LogP contribution >= 0.6 is 15.9 Å². The minimum atomic E-state index is -0.138. The summed E-state index contributed by atoms with van der Waals surface area (Å²) in [7, 11) is 0. The zero-order chi connectivity index (χ0) is 11.2. The first kappa shape index (κ1) is 10.0. The lowest BCUT2D eigenvalue weighted by molar-refractivity contribution is 0.0669. The molecule has 1 amide bonds. The summed E-state index contributed by atoms with van der Waals surface area (Å²) in [5, 5.41) is 8.04. The van der Waals surface area contributed by atoms with Crippen LogP contribution in [0.25, 0.3) is 0 Å². The summed E-state index contributed by atoms with van der Waals surface area (Å²) in [5.74, 6) is 0.327. The third-order valence-corrected chi connectivity index (χ3v) is 3.44. The van der Waals surface area contributed by atoms with Crippen molar-refractivity contribution in [3.8, 4) is 0 Å². The molecule has 0 bridgehead atoms. The van der Waals surface area contributed by atoms with E-state index >= 15 is 0 Å². The molecule has 84 valence electrons. The summed E-state index contributed by atoms with van der Waals surface area (Å²) in [6.45, 7) is 1.40. The molecule has 5 nitrogen and oxygen atoms in total. The number of amides is 1. The number of likely N-dealkylation sites (tertiary alicyclic amines) is 1. The third-order valence-electron chi connectivity index (χ3n) is 3.02. The molecule has 0 radical (unpaired) electrons. The Morgan fingerprint density at radius 2 is 2.06 bits per heavy atom. The van der Waals surface area contributed by atoms with Gasteiger partial charge < -0.3 is 9.32 Å². The van der Waals surface area contributed by atoms with E-state index in [1.54, 1.807) is 17.0 Å². The first-order valence-corrected chi connectivity index (χ1v) is 5.97. The standard InChI is InChI=1S/C10H10BrN3O2/c11-8-2-1-7(16-8)9(15)14-5-3-10(4-6-14)12-13-10/h1-2H,3-6H2. The van der Waals surface area contributed by atoms with Crippen molar-refractivity contribution in [2.45, 2.75) is 18.5 Å². The van der Waals surface area contributed by atoms with Gasteiger partial charge in [-0.1, -0.05) is 0 Å². The number of rotatable bonds is 1. The van der Waals surface area contributed by atoms with Crippen molar-refractivity contribution in [3.63, 3.8) is 0 Å². The normalized spacial score (nSPS) is 21.4. The molecule has 0 unspecified atom stereocenters. The molecule has 0 atom stereocenters. The lowest BCUT2D eigenvalue weighted by atomic mass is 10.0. The molecule has 0 aromatic carbocycles. The largest absolute Gasteiger partial charge is 0.444 e. The van der Waals surface area contributed by atoms with Crippen LogP contribution in [-0.4, -0.2) is 29.6 Å². The van der Waals surface area contributed by atoms with Crippen LogP contribution in [0.15, 0.2) is 31.4 Å². The highest BCUT2D eigenvalue weighted by Gasteiger charge is 2.44. The molecular weight excluding hydrogens is 274 g/mol. The molecule has 1 saturated heterocycles. The second kappa shape index (κ2) is 3.41. The minimum Gasteiger partial charge on any atom is -0.444 e. The third kappa shape index (κ3) is 1.67. The van der Waals surface area contributed by atoms with Gasteiger partial charge in [0.15, 0.2) is 16.1 Å². The Labute approximate surface area is 101 Å². The molecule has 2 aliphatic heterocycles. The van der Waals surface area contributed by atoms with E-state index < -0.39 is 0 Å². The van der Waals surface area contributed by atoms with Crippen LogP contribution in [0, 0.1) is 0 Å². The number of furan rings is 1. The zero-order valence-corrected chi connectivity index (χ0v) is 10.1. The van der Waals surface area contributed by atoms with E-state index in [1.165, 1.54) is 0 Å². The Morgan fingerprint density at radius 3 is 2.56 bits per heavy atom. The average Bonchev–Trinajstić information content (AvgIpc) is 2.89. The molecule has 1 spiro atoms. The number of hydrogen-bond acceptors (Lipinski definition) is 4. The fourth-order valence-electron chi connectivity index (χ4n) is 1.92. The van der Waals surface area contributed by atoms with Crippen molar-refractivity contribution in [1.82, 2.24) is 4.90 Å². The van der Waals surface area contributed by atoms with Gasteiger partial charge in [0.05, 0.1) is 0 Å². The first-order valence-electron chi connectivity index (χ1n) is 5.17. The van der Waals surface area contributed by atoms with Crippen molar-refractivity contribution < 1.29 is 9.21 Å². The quantitative estimate of drug-likeness (QED) is 0.795. The van der Waals surface area contributed by atoms with Gasteiger partial charge in [0, 0.05) is 25.9 Å². The van der Waals surface area contributed by atoms with Gasteiger partial charge in [-0.25, -0.2) is 0 Å². The van der Waals surface area contributed by atoms with Crippen LogP contribution in [0.3, 0.4) is 0 Å². The summed E-state index contributed by atoms with van der Waals surface area (Å²) >= 11 is 3.19. The average molecular weight is 284 g/mol. The Kier molecular flexibility index (Phi) is 2.14. The summed E-state index contributed by atoms with van der Waals surface area (Å²) in [4.78, 5) is 13.8. The van der Waals surface area contributed by atoms with E-state index in [0.717, 1.165) is 12.8 Å². The first-order chi connectivity index (χ1) is 7.69. The maximum Gasteiger partial charge on any atom is 0.289 e. The van der Waals surface area contributed by atoms with Crippen molar-refractivity contribution in [3.05, 3.63) is 22.6 Å². The van der Waals surface area contributed by atoms with E-state index in [9.17, 15) is 4.79 Å². The number of piperidine rings is 1. The number of nitrogens with zero attached hydrogens (tertiary/aromatic N) is 3. The molecule has 1 aromatic rings. The van der Waals surface area contributed by atoms with Gasteiger partial charge in [-0.3, -0.25) is 4.79 Å². The van der Waals surface area contributed by atoms with Crippen LogP contribution in [0.5, 0.6) is 0 Å².